The number of benzene rings is 1. The number of ether oxygens (including phenoxy) is 1. The summed E-state index contributed by atoms with van der Waals surface area (Å²) in [5.74, 6) is -1.04. The first kappa shape index (κ1) is 16.1. The summed E-state index contributed by atoms with van der Waals surface area (Å²) in [6, 6.07) is 3.93. The second-order valence-corrected chi connectivity index (χ2v) is 5.01. The molecule has 108 valence electrons. The molecule has 1 aromatic rings. The summed E-state index contributed by atoms with van der Waals surface area (Å²) in [6.07, 6.45) is 0.963. The van der Waals surface area contributed by atoms with Crippen LogP contribution in [0.1, 0.15) is 38.8 Å². The van der Waals surface area contributed by atoms with Crippen LogP contribution in [0.25, 0.3) is 0 Å². The molecule has 0 heterocycles. The molecule has 0 fully saturated rings. The van der Waals surface area contributed by atoms with Gasteiger partial charge in [0, 0.05) is 12.2 Å². The number of halogens is 2. The fourth-order valence-corrected chi connectivity index (χ4v) is 1.81. The highest BCUT2D eigenvalue weighted by Gasteiger charge is 2.17. The average molecular weight is 271 g/mol. The van der Waals surface area contributed by atoms with Gasteiger partial charge in [0.1, 0.15) is 0 Å². The van der Waals surface area contributed by atoms with E-state index in [1.54, 1.807) is 6.07 Å². The van der Waals surface area contributed by atoms with Crippen LogP contribution in [0, 0.1) is 17.6 Å². The average Bonchev–Trinajstić information content (AvgIpc) is 2.36. The van der Waals surface area contributed by atoms with Crippen molar-refractivity contribution < 1.29 is 13.5 Å². The van der Waals surface area contributed by atoms with Crippen molar-refractivity contribution in [2.75, 3.05) is 19.8 Å². The summed E-state index contributed by atoms with van der Waals surface area (Å²) in [5, 5.41) is 3.12. The van der Waals surface area contributed by atoms with E-state index in [-0.39, 0.29) is 6.04 Å². The minimum absolute atomic E-state index is 0.312. The maximum absolute atomic E-state index is 13.7. The molecule has 0 bridgehead atoms. The zero-order valence-corrected chi connectivity index (χ0v) is 11.9. The lowest BCUT2D eigenvalue weighted by Gasteiger charge is -2.19. The van der Waals surface area contributed by atoms with Crippen LogP contribution in [-0.4, -0.2) is 19.8 Å². The van der Waals surface area contributed by atoms with E-state index < -0.39 is 11.6 Å². The third-order valence-electron chi connectivity index (χ3n) is 2.93. The fourth-order valence-electron chi connectivity index (χ4n) is 1.81. The molecule has 0 aliphatic carbocycles. The van der Waals surface area contributed by atoms with Gasteiger partial charge < -0.3 is 10.1 Å². The van der Waals surface area contributed by atoms with E-state index in [1.165, 1.54) is 6.07 Å². The first-order valence-electron chi connectivity index (χ1n) is 6.81. The van der Waals surface area contributed by atoms with E-state index in [1.807, 2.05) is 6.92 Å². The highest BCUT2D eigenvalue weighted by Crippen LogP contribution is 2.20. The Morgan fingerprint density at radius 3 is 2.63 bits per heavy atom. The molecule has 2 nitrogen and oxygen atoms in total. The summed E-state index contributed by atoms with van der Waals surface area (Å²) in [5.41, 5.74) is 0.325. The molecule has 0 saturated heterocycles. The molecule has 1 N–H and O–H groups in total. The van der Waals surface area contributed by atoms with Crippen molar-refractivity contribution in [2.24, 2.45) is 5.92 Å². The van der Waals surface area contributed by atoms with Crippen LogP contribution in [0.15, 0.2) is 18.2 Å². The molecule has 1 unspecified atom stereocenters. The molecule has 0 aliphatic rings. The summed E-state index contributed by atoms with van der Waals surface area (Å²) >= 11 is 0. The van der Waals surface area contributed by atoms with Gasteiger partial charge in [0.15, 0.2) is 11.6 Å². The van der Waals surface area contributed by atoms with E-state index in [0.29, 0.717) is 31.2 Å². The second kappa shape index (κ2) is 8.23. The third-order valence-corrected chi connectivity index (χ3v) is 2.93. The Morgan fingerprint density at radius 1 is 1.26 bits per heavy atom. The molecule has 4 heteroatoms. The predicted octanol–water partition coefficient (Wildman–Crippen LogP) is 3.68. The molecule has 19 heavy (non-hydrogen) atoms. The normalized spacial score (nSPS) is 12.9. The molecule has 1 atom stereocenters. The lowest BCUT2D eigenvalue weighted by atomic mass is 10.1. The first-order chi connectivity index (χ1) is 9.06. The summed E-state index contributed by atoms with van der Waals surface area (Å²) < 4.78 is 32.5. The van der Waals surface area contributed by atoms with Gasteiger partial charge in [-0.1, -0.05) is 32.9 Å². The van der Waals surface area contributed by atoms with Gasteiger partial charge in [-0.2, -0.15) is 0 Å². The highest BCUT2D eigenvalue weighted by molar-refractivity contribution is 5.22. The lowest BCUT2D eigenvalue weighted by molar-refractivity contribution is 0.102. The summed E-state index contributed by atoms with van der Waals surface area (Å²) in [6.45, 7) is 7.83. The third kappa shape index (κ3) is 5.25. The zero-order valence-electron chi connectivity index (χ0n) is 11.9. The Balaban J connectivity index is 2.63. The molecular weight excluding hydrogens is 248 g/mol. The van der Waals surface area contributed by atoms with Crippen LogP contribution in [0.5, 0.6) is 0 Å². The second-order valence-electron chi connectivity index (χ2n) is 5.01. The van der Waals surface area contributed by atoms with Crippen molar-refractivity contribution >= 4 is 0 Å². The van der Waals surface area contributed by atoms with Crippen LogP contribution >= 0.6 is 0 Å². The minimum atomic E-state index is -0.817. The van der Waals surface area contributed by atoms with Crippen molar-refractivity contribution in [3.05, 3.63) is 35.4 Å². The van der Waals surface area contributed by atoms with Crippen LogP contribution in [0.4, 0.5) is 8.78 Å². The Kier molecular flexibility index (Phi) is 6.95. The van der Waals surface area contributed by atoms with E-state index in [0.717, 1.165) is 12.5 Å². The van der Waals surface area contributed by atoms with Crippen molar-refractivity contribution in [2.45, 2.75) is 33.2 Å². The van der Waals surface area contributed by atoms with Crippen LogP contribution in [0.3, 0.4) is 0 Å². The summed E-state index contributed by atoms with van der Waals surface area (Å²) in [7, 11) is 0. The molecule has 0 aromatic heterocycles. The zero-order chi connectivity index (χ0) is 14.3. The Hall–Kier alpha value is -1.00. The van der Waals surface area contributed by atoms with Crippen molar-refractivity contribution in [1.29, 1.82) is 0 Å². The highest BCUT2D eigenvalue weighted by atomic mass is 19.2. The van der Waals surface area contributed by atoms with Gasteiger partial charge in [-0.15, -0.1) is 0 Å². The van der Waals surface area contributed by atoms with Gasteiger partial charge in [-0.05, 0) is 24.9 Å². The van der Waals surface area contributed by atoms with Gasteiger partial charge in [0.25, 0.3) is 0 Å². The molecule has 1 aromatic carbocycles. The maximum atomic E-state index is 13.7. The van der Waals surface area contributed by atoms with Gasteiger partial charge >= 0.3 is 0 Å². The smallest absolute Gasteiger partial charge is 0.163 e. The van der Waals surface area contributed by atoms with Gasteiger partial charge in [-0.3, -0.25) is 0 Å². The number of rotatable bonds is 8. The quantitative estimate of drug-likeness (QED) is 0.728. The molecule has 0 amide bonds. The van der Waals surface area contributed by atoms with Crippen LogP contribution in [-0.2, 0) is 4.74 Å². The Bertz CT molecular complexity index is 382. The standard InChI is InChI=1S/C15H23F2NO/c1-4-18-14(10-19-9-8-11(2)3)12-6-5-7-13(16)15(12)17/h5-7,11,14,18H,4,8-10H2,1-3H3. The molecule has 0 radical (unpaired) electrons. The number of likely N-dealkylation sites (N-methyl/N-ethyl adjacent to an activating group) is 1. The number of hydrogen-bond donors (Lipinski definition) is 1. The monoisotopic (exact) mass is 271 g/mol. The lowest BCUT2D eigenvalue weighted by Crippen LogP contribution is -2.27. The Labute approximate surface area is 114 Å². The van der Waals surface area contributed by atoms with Gasteiger partial charge in [-0.25, -0.2) is 8.78 Å². The SMILES string of the molecule is CCNC(COCCC(C)C)c1cccc(F)c1F. The van der Waals surface area contributed by atoms with Crippen LogP contribution in [0.2, 0.25) is 0 Å². The summed E-state index contributed by atoms with van der Waals surface area (Å²) in [4.78, 5) is 0. The minimum Gasteiger partial charge on any atom is -0.379 e. The maximum Gasteiger partial charge on any atom is 0.163 e. The van der Waals surface area contributed by atoms with Gasteiger partial charge in [0.2, 0.25) is 0 Å². The Morgan fingerprint density at radius 2 is 2.00 bits per heavy atom. The fraction of sp³-hybridized carbons (Fsp3) is 0.600. The van der Waals surface area contributed by atoms with E-state index in [4.69, 9.17) is 4.74 Å². The van der Waals surface area contributed by atoms with Crippen molar-refractivity contribution in [1.82, 2.24) is 5.32 Å². The number of hydrogen-bond acceptors (Lipinski definition) is 2. The predicted molar refractivity (Wildman–Crippen MR) is 73.0 cm³/mol. The van der Waals surface area contributed by atoms with Gasteiger partial charge in [0.05, 0.1) is 12.6 Å². The van der Waals surface area contributed by atoms with Crippen molar-refractivity contribution in [3.63, 3.8) is 0 Å². The van der Waals surface area contributed by atoms with Crippen LogP contribution < -0.4 is 5.32 Å². The topological polar surface area (TPSA) is 21.3 Å². The largest absolute Gasteiger partial charge is 0.379 e. The van der Waals surface area contributed by atoms with E-state index in [2.05, 4.69) is 19.2 Å². The molecule has 0 aliphatic heterocycles. The molecule has 0 spiro atoms. The van der Waals surface area contributed by atoms with E-state index in [9.17, 15) is 8.78 Å². The first-order valence-corrected chi connectivity index (χ1v) is 6.81. The molecule has 0 saturated carbocycles. The van der Waals surface area contributed by atoms with E-state index >= 15 is 0 Å². The molecular formula is C15H23F2NO. The van der Waals surface area contributed by atoms with Crippen molar-refractivity contribution in [3.8, 4) is 0 Å². The molecule has 1 rings (SSSR count). The number of nitrogens with one attached hydrogen (secondary N) is 1.